The van der Waals surface area contributed by atoms with E-state index in [1.165, 1.54) is 29.3 Å². The van der Waals surface area contributed by atoms with Crippen molar-refractivity contribution in [3.63, 3.8) is 0 Å². The van der Waals surface area contributed by atoms with Crippen LogP contribution in [0.2, 0.25) is 0 Å². The molecular formula is C10H11N3S2. The Morgan fingerprint density at radius 3 is 3.00 bits per heavy atom. The molecular weight excluding hydrogens is 226 g/mol. The van der Waals surface area contributed by atoms with E-state index in [0.717, 1.165) is 10.9 Å². The molecule has 0 aromatic carbocycles. The number of rotatable bonds is 4. The Morgan fingerprint density at radius 2 is 2.40 bits per heavy atom. The Morgan fingerprint density at radius 1 is 1.47 bits per heavy atom. The number of thiophene rings is 1. The van der Waals surface area contributed by atoms with Crippen molar-refractivity contribution in [1.29, 1.82) is 0 Å². The van der Waals surface area contributed by atoms with Crippen molar-refractivity contribution in [2.45, 2.75) is 18.9 Å². The topological polar surface area (TPSA) is 37.8 Å². The van der Waals surface area contributed by atoms with E-state index in [1.807, 2.05) is 11.3 Å². The van der Waals surface area contributed by atoms with Gasteiger partial charge >= 0.3 is 0 Å². The van der Waals surface area contributed by atoms with Crippen molar-refractivity contribution >= 4 is 27.9 Å². The first-order valence-corrected chi connectivity index (χ1v) is 6.66. The third kappa shape index (κ3) is 2.03. The van der Waals surface area contributed by atoms with Crippen LogP contribution in [0.5, 0.6) is 0 Å². The largest absolute Gasteiger partial charge is 0.366 e. The lowest BCUT2D eigenvalue weighted by Gasteiger charge is -2.15. The number of hydrogen-bond acceptors (Lipinski definition) is 5. The van der Waals surface area contributed by atoms with Gasteiger partial charge in [-0.05, 0) is 30.2 Å². The Bertz CT molecular complexity index is 406. The minimum absolute atomic E-state index is 0.465. The van der Waals surface area contributed by atoms with Crippen molar-refractivity contribution in [3.8, 4) is 0 Å². The predicted octanol–water partition coefficient (Wildman–Crippen LogP) is 3.16. The van der Waals surface area contributed by atoms with E-state index >= 15 is 0 Å². The summed E-state index contributed by atoms with van der Waals surface area (Å²) in [7, 11) is 0. The average molecular weight is 237 g/mol. The molecule has 0 bridgehead atoms. The summed E-state index contributed by atoms with van der Waals surface area (Å²) in [6.07, 6.45) is 4.47. The highest BCUT2D eigenvalue weighted by Gasteiger charge is 2.33. The average Bonchev–Trinajstić information content (AvgIpc) is 2.78. The van der Waals surface area contributed by atoms with Gasteiger partial charge in [-0.1, -0.05) is 10.6 Å². The van der Waals surface area contributed by atoms with Gasteiger partial charge in [0, 0.05) is 16.4 Å². The molecule has 0 aliphatic heterocycles. The van der Waals surface area contributed by atoms with Gasteiger partial charge in [-0.2, -0.15) is 0 Å². The summed E-state index contributed by atoms with van der Waals surface area (Å²) in [6.45, 7) is 0. The zero-order valence-corrected chi connectivity index (χ0v) is 9.72. The van der Waals surface area contributed by atoms with Gasteiger partial charge < -0.3 is 5.32 Å². The fraction of sp³-hybridized carbons (Fsp3) is 0.400. The van der Waals surface area contributed by atoms with Gasteiger partial charge in [0.1, 0.15) is 5.00 Å². The molecule has 3 nitrogen and oxygen atoms in total. The molecule has 1 N–H and O–H groups in total. The number of nitrogens with one attached hydrogen (secondary N) is 1. The van der Waals surface area contributed by atoms with Crippen LogP contribution in [0, 0.1) is 5.92 Å². The van der Waals surface area contributed by atoms with Crippen LogP contribution in [0.15, 0.2) is 23.7 Å². The first-order valence-electron chi connectivity index (χ1n) is 5.01. The lowest BCUT2D eigenvalue weighted by Crippen LogP contribution is -2.10. The van der Waals surface area contributed by atoms with Gasteiger partial charge in [0.2, 0.25) is 0 Å². The van der Waals surface area contributed by atoms with Crippen molar-refractivity contribution in [1.82, 2.24) is 9.59 Å². The van der Waals surface area contributed by atoms with Crippen LogP contribution in [0.3, 0.4) is 0 Å². The van der Waals surface area contributed by atoms with E-state index in [9.17, 15) is 0 Å². The molecule has 3 rings (SSSR count). The van der Waals surface area contributed by atoms with Crippen molar-refractivity contribution in [3.05, 3.63) is 28.6 Å². The van der Waals surface area contributed by atoms with Gasteiger partial charge in [0.15, 0.2) is 0 Å². The van der Waals surface area contributed by atoms with E-state index in [0.29, 0.717) is 6.04 Å². The standard InChI is InChI=1S/C10H11N3S2/c1-2-8(14-5-1)10(7-3-4-7)12-9-6-11-13-15-9/h1-2,5-7,10,12H,3-4H2. The molecule has 2 aromatic heterocycles. The fourth-order valence-corrected chi connectivity index (χ4v) is 3.03. The molecule has 78 valence electrons. The summed E-state index contributed by atoms with van der Waals surface area (Å²) in [5.74, 6) is 0.797. The van der Waals surface area contributed by atoms with E-state index in [-0.39, 0.29) is 0 Å². The number of anilines is 1. The van der Waals surface area contributed by atoms with Crippen LogP contribution in [0.4, 0.5) is 5.00 Å². The van der Waals surface area contributed by atoms with Crippen LogP contribution in [0.25, 0.3) is 0 Å². The Hall–Kier alpha value is -0.940. The minimum atomic E-state index is 0.465. The SMILES string of the molecule is c1csc(C(Nc2cnns2)C2CC2)c1. The highest BCUT2D eigenvalue weighted by Crippen LogP contribution is 2.44. The van der Waals surface area contributed by atoms with Crippen molar-refractivity contribution < 1.29 is 0 Å². The van der Waals surface area contributed by atoms with Gasteiger partial charge in [-0.3, -0.25) is 0 Å². The van der Waals surface area contributed by atoms with Gasteiger partial charge in [-0.15, -0.1) is 16.4 Å². The number of hydrogen-bond donors (Lipinski definition) is 1. The molecule has 1 aliphatic carbocycles. The summed E-state index contributed by atoms with van der Waals surface area (Å²) in [6, 6.07) is 4.78. The lowest BCUT2D eigenvalue weighted by atomic mass is 10.1. The van der Waals surface area contributed by atoms with Crippen LogP contribution in [-0.2, 0) is 0 Å². The van der Waals surface area contributed by atoms with Crippen LogP contribution >= 0.6 is 22.9 Å². The molecule has 0 saturated heterocycles. The lowest BCUT2D eigenvalue weighted by molar-refractivity contribution is 0.693. The van der Waals surface area contributed by atoms with E-state index in [1.54, 1.807) is 6.20 Å². The zero-order valence-electron chi connectivity index (χ0n) is 8.09. The summed E-state index contributed by atoms with van der Waals surface area (Å²) < 4.78 is 3.87. The molecule has 0 radical (unpaired) electrons. The van der Waals surface area contributed by atoms with Crippen LogP contribution < -0.4 is 5.32 Å². The predicted molar refractivity (Wildman–Crippen MR) is 63.3 cm³/mol. The van der Waals surface area contributed by atoms with Crippen LogP contribution in [0.1, 0.15) is 23.8 Å². The molecule has 1 atom stereocenters. The van der Waals surface area contributed by atoms with E-state index < -0.39 is 0 Å². The smallest absolute Gasteiger partial charge is 0.130 e. The summed E-state index contributed by atoms with van der Waals surface area (Å²) in [5.41, 5.74) is 0. The van der Waals surface area contributed by atoms with E-state index in [2.05, 4.69) is 32.4 Å². The number of nitrogens with zero attached hydrogens (tertiary/aromatic N) is 2. The second kappa shape index (κ2) is 3.90. The Kier molecular flexibility index (Phi) is 2.42. The van der Waals surface area contributed by atoms with E-state index in [4.69, 9.17) is 0 Å². The molecule has 1 unspecified atom stereocenters. The van der Waals surface area contributed by atoms with Gasteiger partial charge in [0.05, 0.1) is 12.2 Å². The second-order valence-electron chi connectivity index (χ2n) is 3.76. The maximum atomic E-state index is 3.87. The highest BCUT2D eigenvalue weighted by molar-refractivity contribution is 7.10. The quantitative estimate of drug-likeness (QED) is 0.887. The summed E-state index contributed by atoms with van der Waals surface area (Å²) in [5, 5.41) is 10.6. The Balaban J connectivity index is 1.80. The maximum Gasteiger partial charge on any atom is 0.130 e. The third-order valence-corrected chi connectivity index (χ3v) is 4.15. The first kappa shape index (κ1) is 9.30. The molecule has 1 fully saturated rings. The molecule has 2 heterocycles. The molecule has 0 spiro atoms. The second-order valence-corrected chi connectivity index (χ2v) is 5.52. The molecule has 1 saturated carbocycles. The van der Waals surface area contributed by atoms with Crippen molar-refractivity contribution in [2.75, 3.05) is 5.32 Å². The molecule has 15 heavy (non-hydrogen) atoms. The Labute approximate surface area is 96.3 Å². The van der Waals surface area contributed by atoms with Crippen molar-refractivity contribution in [2.24, 2.45) is 5.92 Å². The maximum absolute atomic E-state index is 3.87. The normalized spacial score (nSPS) is 17.6. The third-order valence-electron chi connectivity index (χ3n) is 2.60. The number of aromatic nitrogens is 2. The van der Waals surface area contributed by atoms with Gasteiger partial charge in [-0.25, -0.2) is 0 Å². The monoisotopic (exact) mass is 237 g/mol. The molecule has 0 amide bonds. The van der Waals surface area contributed by atoms with Gasteiger partial charge in [0.25, 0.3) is 0 Å². The minimum Gasteiger partial charge on any atom is -0.366 e. The molecule has 2 aromatic rings. The zero-order chi connectivity index (χ0) is 10.1. The first-order chi connectivity index (χ1) is 7.43. The summed E-state index contributed by atoms with van der Waals surface area (Å²) >= 11 is 3.25. The molecule has 1 aliphatic rings. The highest BCUT2D eigenvalue weighted by atomic mass is 32.1. The van der Waals surface area contributed by atoms with Crippen LogP contribution in [-0.4, -0.2) is 9.59 Å². The summed E-state index contributed by atoms with van der Waals surface area (Å²) in [4.78, 5) is 1.42. The molecule has 5 heteroatoms. The fourth-order valence-electron chi connectivity index (χ4n) is 1.70.